The van der Waals surface area contributed by atoms with Gasteiger partial charge in [0.1, 0.15) is 0 Å². The number of nitrogens with two attached hydrogens (primary N) is 1. The number of benzene rings is 2. The number of hydrogen-bond donors (Lipinski definition) is 1. The Morgan fingerprint density at radius 3 is 2.42 bits per heavy atom. The standard InChI is InChI=1S/C15H15Cl2NS/c16-13-6-4-11(5-7-13)10-19-15-12(8-9-18)2-1-3-14(15)17/h1-7H,8-10,18H2. The van der Waals surface area contributed by atoms with Crippen LogP contribution in [0.3, 0.4) is 0 Å². The number of halogens is 2. The van der Waals surface area contributed by atoms with Crippen molar-refractivity contribution in [1.82, 2.24) is 0 Å². The Bertz CT molecular complexity index is 540. The molecule has 0 spiro atoms. The molecule has 4 heteroatoms. The highest BCUT2D eigenvalue weighted by molar-refractivity contribution is 7.98. The summed E-state index contributed by atoms with van der Waals surface area (Å²) in [4.78, 5) is 1.13. The third-order valence-electron chi connectivity index (χ3n) is 2.76. The van der Waals surface area contributed by atoms with Crippen molar-refractivity contribution in [3.8, 4) is 0 Å². The first-order chi connectivity index (χ1) is 9.20. The van der Waals surface area contributed by atoms with Crippen LogP contribution in [0.5, 0.6) is 0 Å². The van der Waals surface area contributed by atoms with E-state index in [0.29, 0.717) is 6.54 Å². The average molecular weight is 312 g/mol. The van der Waals surface area contributed by atoms with Gasteiger partial charge in [0.25, 0.3) is 0 Å². The maximum Gasteiger partial charge on any atom is 0.0544 e. The predicted octanol–water partition coefficient (Wildman–Crippen LogP) is 4.79. The number of thioether (sulfide) groups is 1. The maximum atomic E-state index is 6.27. The smallest absolute Gasteiger partial charge is 0.0544 e. The topological polar surface area (TPSA) is 26.0 Å². The summed E-state index contributed by atoms with van der Waals surface area (Å²) in [7, 11) is 0. The van der Waals surface area contributed by atoms with Gasteiger partial charge in [0.15, 0.2) is 0 Å². The van der Waals surface area contributed by atoms with Gasteiger partial charge in [-0.2, -0.15) is 0 Å². The molecule has 0 aliphatic rings. The average Bonchev–Trinajstić information content (AvgIpc) is 2.40. The van der Waals surface area contributed by atoms with Crippen molar-refractivity contribution in [1.29, 1.82) is 0 Å². The van der Waals surface area contributed by atoms with Gasteiger partial charge in [0.05, 0.1) is 5.02 Å². The monoisotopic (exact) mass is 311 g/mol. The second-order valence-electron chi connectivity index (χ2n) is 4.18. The fraction of sp³-hybridized carbons (Fsp3) is 0.200. The van der Waals surface area contributed by atoms with E-state index in [0.717, 1.165) is 27.1 Å². The minimum absolute atomic E-state index is 0.634. The summed E-state index contributed by atoms with van der Waals surface area (Å²) in [5.74, 6) is 0.873. The van der Waals surface area contributed by atoms with E-state index in [1.165, 1.54) is 11.1 Å². The fourth-order valence-electron chi connectivity index (χ4n) is 1.80. The van der Waals surface area contributed by atoms with Crippen LogP contribution in [0.1, 0.15) is 11.1 Å². The van der Waals surface area contributed by atoms with E-state index in [4.69, 9.17) is 28.9 Å². The lowest BCUT2D eigenvalue weighted by atomic mass is 10.1. The summed E-state index contributed by atoms with van der Waals surface area (Å²) in [5.41, 5.74) is 8.08. The van der Waals surface area contributed by atoms with E-state index in [2.05, 4.69) is 6.07 Å². The quantitative estimate of drug-likeness (QED) is 0.804. The van der Waals surface area contributed by atoms with E-state index in [-0.39, 0.29) is 0 Å². The molecule has 0 aliphatic carbocycles. The Balaban J connectivity index is 2.12. The lowest BCUT2D eigenvalue weighted by Crippen LogP contribution is -2.03. The SMILES string of the molecule is NCCc1cccc(Cl)c1SCc1ccc(Cl)cc1. The van der Waals surface area contributed by atoms with Crippen molar-refractivity contribution in [2.24, 2.45) is 5.73 Å². The van der Waals surface area contributed by atoms with E-state index in [9.17, 15) is 0 Å². The lowest BCUT2D eigenvalue weighted by Gasteiger charge is -2.10. The van der Waals surface area contributed by atoms with Crippen molar-refractivity contribution >= 4 is 35.0 Å². The van der Waals surface area contributed by atoms with Crippen LogP contribution in [-0.4, -0.2) is 6.54 Å². The Labute approximate surface area is 128 Å². The first-order valence-corrected chi connectivity index (χ1v) is 7.79. The second-order valence-corrected chi connectivity index (χ2v) is 6.01. The molecule has 0 aromatic heterocycles. The van der Waals surface area contributed by atoms with E-state index >= 15 is 0 Å². The fourth-order valence-corrected chi connectivity index (χ4v) is 3.35. The molecule has 0 saturated carbocycles. The minimum atomic E-state index is 0.634. The highest BCUT2D eigenvalue weighted by Gasteiger charge is 2.07. The van der Waals surface area contributed by atoms with Gasteiger partial charge in [-0.1, -0.05) is 47.5 Å². The van der Waals surface area contributed by atoms with Gasteiger partial charge in [0.2, 0.25) is 0 Å². The molecule has 2 aromatic rings. The van der Waals surface area contributed by atoms with Crippen LogP contribution < -0.4 is 5.73 Å². The van der Waals surface area contributed by atoms with Gasteiger partial charge in [-0.05, 0) is 42.3 Å². The van der Waals surface area contributed by atoms with Crippen molar-refractivity contribution in [2.75, 3.05) is 6.54 Å². The molecule has 0 bridgehead atoms. The second kappa shape index (κ2) is 7.20. The molecule has 2 aromatic carbocycles. The Morgan fingerprint density at radius 2 is 1.74 bits per heavy atom. The van der Waals surface area contributed by atoms with Gasteiger partial charge in [-0.15, -0.1) is 11.8 Å². The molecular formula is C15H15Cl2NS. The van der Waals surface area contributed by atoms with E-state index < -0.39 is 0 Å². The highest BCUT2D eigenvalue weighted by Crippen LogP contribution is 2.33. The van der Waals surface area contributed by atoms with Crippen LogP contribution in [0, 0.1) is 0 Å². The molecule has 2 N–H and O–H groups in total. The predicted molar refractivity (Wildman–Crippen MR) is 85.2 cm³/mol. The van der Waals surface area contributed by atoms with Crippen LogP contribution in [0.15, 0.2) is 47.4 Å². The molecular weight excluding hydrogens is 297 g/mol. The van der Waals surface area contributed by atoms with Crippen molar-refractivity contribution in [3.05, 3.63) is 63.6 Å². The molecule has 0 atom stereocenters. The van der Waals surface area contributed by atoms with Gasteiger partial charge < -0.3 is 5.73 Å². The maximum absolute atomic E-state index is 6.27. The third kappa shape index (κ3) is 4.15. The molecule has 0 unspecified atom stereocenters. The zero-order valence-corrected chi connectivity index (χ0v) is 12.7. The first kappa shape index (κ1) is 14.7. The molecule has 100 valence electrons. The van der Waals surface area contributed by atoms with Crippen molar-refractivity contribution < 1.29 is 0 Å². The van der Waals surface area contributed by atoms with Gasteiger partial charge in [0, 0.05) is 15.7 Å². The first-order valence-electron chi connectivity index (χ1n) is 6.05. The number of rotatable bonds is 5. The molecule has 19 heavy (non-hydrogen) atoms. The van der Waals surface area contributed by atoms with Crippen LogP contribution in [-0.2, 0) is 12.2 Å². The van der Waals surface area contributed by atoms with Gasteiger partial charge in [-0.3, -0.25) is 0 Å². The van der Waals surface area contributed by atoms with E-state index in [1.807, 2.05) is 36.4 Å². The highest BCUT2D eigenvalue weighted by atomic mass is 35.5. The van der Waals surface area contributed by atoms with Crippen LogP contribution in [0.4, 0.5) is 0 Å². The summed E-state index contributed by atoms with van der Waals surface area (Å²) in [6, 6.07) is 13.9. The zero-order chi connectivity index (χ0) is 13.7. The largest absolute Gasteiger partial charge is 0.330 e. The molecule has 0 saturated heterocycles. The van der Waals surface area contributed by atoms with Crippen LogP contribution in [0.25, 0.3) is 0 Å². The van der Waals surface area contributed by atoms with Gasteiger partial charge >= 0.3 is 0 Å². The van der Waals surface area contributed by atoms with Crippen LogP contribution >= 0.6 is 35.0 Å². The summed E-state index contributed by atoms with van der Waals surface area (Å²) in [6.45, 7) is 0.634. The summed E-state index contributed by atoms with van der Waals surface area (Å²) >= 11 is 13.9. The Morgan fingerprint density at radius 1 is 1.00 bits per heavy atom. The summed E-state index contributed by atoms with van der Waals surface area (Å²) < 4.78 is 0. The van der Waals surface area contributed by atoms with Crippen LogP contribution in [0.2, 0.25) is 10.0 Å². The molecule has 0 radical (unpaired) electrons. The molecule has 0 amide bonds. The Kier molecular flexibility index (Phi) is 5.59. The van der Waals surface area contributed by atoms with Gasteiger partial charge in [-0.25, -0.2) is 0 Å². The summed E-state index contributed by atoms with van der Waals surface area (Å²) in [5, 5.41) is 1.56. The normalized spacial score (nSPS) is 10.7. The molecule has 0 aliphatic heterocycles. The Hall–Kier alpha value is -0.670. The zero-order valence-electron chi connectivity index (χ0n) is 10.4. The molecule has 0 fully saturated rings. The van der Waals surface area contributed by atoms with Crippen molar-refractivity contribution in [3.63, 3.8) is 0 Å². The minimum Gasteiger partial charge on any atom is -0.330 e. The molecule has 2 rings (SSSR count). The number of hydrogen-bond acceptors (Lipinski definition) is 2. The summed E-state index contributed by atoms with van der Waals surface area (Å²) in [6.07, 6.45) is 0.851. The molecule has 1 nitrogen and oxygen atoms in total. The third-order valence-corrected chi connectivity index (χ3v) is 4.69. The van der Waals surface area contributed by atoms with Crippen molar-refractivity contribution in [2.45, 2.75) is 17.1 Å². The lowest BCUT2D eigenvalue weighted by molar-refractivity contribution is 0.944. The molecule has 0 heterocycles. The van der Waals surface area contributed by atoms with E-state index in [1.54, 1.807) is 11.8 Å².